The lowest BCUT2D eigenvalue weighted by Crippen LogP contribution is -2.34. The van der Waals surface area contributed by atoms with Crippen LogP contribution in [-0.4, -0.2) is 28.9 Å². The first kappa shape index (κ1) is 11.1. The van der Waals surface area contributed by atoms with Gasteiger partial charge in [0.15, 0.2) is 0 Å². The van der Waals surface area contributed by atoms with E-state index in [4.69, 9.17) is 5.26 Å². The van der Waals surface area contributed by atoms with Crippen LogP contribution in [0.1, 0.15) is 17.3 Å². The molecule has 1 rings (SSSR count). The van der Waals surface area contributed by atoms with Crippen molar-refractivity contribution < 1.29 is 9.18 Å². The molecule has 0 aliphatic heterocycles. The van der Waals surface area contributed by atoms with Crippen LogP contribution in [0.25, 0.3) is 0 Å². The largest absolute Gasteiger partial charge is 0.326 e. The molecule has 1 amide bonds. The van der Waals surface area contributed by atoms with Gasteiger partial charge >= 0.3 is 0 Å². The normalized spacial score (nSPS) is 11.6. The number of hydrogen-bond acceptors (Lipinski definition) is 3. The molecule has 1 aromatic rings. The van der Waals surface area contributed by atoms with E-state index in [1.54, 1.807) is 6.92 Å². The van der Waals surface area contributed by atoms with Crippen molar-refractivity contribution >= 4 is 5.91 Å². The topological polar surface area (TPSA) is 57.0 Å². The summed E-state index contributed by atoms with van der Waals surface area (Å²) in [5.74, 6) is -1.11. The molecule has 5 heteroatoms. The highest BCUT2D eigenvalue weighted by Gasteiger charge is 2.17. The van der Waals surface area contributed by atoms with Gasteiger partial charge in [-0.1, -0.05) is 0 Å². The molecule has 0 aliphatic carbocycles. The summed E-state index contributed by atoms with van der Waals surface area (Å²) >= 11 is 0. The SMILES string of the molecule is CC(C#N)N(C)C(=O)c1ccnc(F)c1. The summed E-state index contributed by atoms with van der Waals surface area (Å²) in [4.78, 5) is 16.3. The predicted octanol–water partition coefficient (Wildman–Crippen LogP) is 1.20. The van der Waals surface area contributed by atoms with E-state index in [2.05, 4.69) is 4.98 Å². The van der Waals surface area contributed by atoms with Gasteiger partial charge in [0.25, 0.3) is 5.91 Å². The molecular weight excluding hydrogens is 197 g/mol. The Hall–Kier alpha value is -1.96. The molecule has 0 spiro atoms. The Morgan fingerprint density at radius 1 is 1.73 bits per heavy atom. The maximum atomic E-state index is 12.7. The molecule has 0 N–H and O–H groups in total. The minimum Gasteiger partial charge on any atom is -0.326 e. The highest BCUT2D eigenvalue weighted by atomic mass is 19.1. The molecule has 0 aliphatic rings. The van der Waals surface area contributed by atoms with Crippen molar-refractivity contribution in [2.75, 3.05) is 7.05 Å². The fraction of sp³-hybridized carbons (Fsp3) is 0.300. The third kappa shape index (κ3) is 2.50. The van der Waals surface area contributed by atoms with Gasteiger partial charge in [0.1, 0.15) is 6.04 Å². The number of nitriles is 1. The third-order valence-electron chi connectivity index (χ3n) is 2.06. The first-order chi connectivity index (χ1) is 7.06. The van der Waals surface area contributed by atoms with Gasteiger partial charge in [-0.15, -0.1) is 0 Å². The molecule has 1 aromatic heterocycles. The standard InChI is InChI=1S/C10H10FN3O/c1-7(6-12)14(2)10(15)8-3-4-13-9(11)5-8/h3-5,7H,1-2H3. The summed E-state index contributed by atoms with van der Waals surface area (Å²) in [5, 5.41) is 8.63. The van der Waals surface area contributed by atoms with Crippen molar-refractivity contribution in [2.24, 2.45) is 0 Å². The number of carbonyl (C=O) groups is 1. The number of amides is 1. The van der Waals surface area contributed by atoms with Gasteiger partial charge in [0, 0.05) is 24.9 Å². The number of pyridine rings is 1. The van der Waals surface area contributed by atoms with Gasteiger partial charge in [-0.3, -0.25) is 4.79 Å². The number of halogens is 1. The Balaban J connectivity index is 2.91. The summed E-state index contributed by atoms with van der Waals surface area (Å²) in [6.45, 7) is 1.59. The van der Waals surface area contributed by atoms with Crippen LogP contribution >= 0.6 is 0 Å². The van der Waals surface area contributed by atoms with Crippen LogP contribution in [0.15, 0.2) is 18.3 Å². The Bertz CT molecular complexity index is 413. The summed E-state index contributed by atoms with van der Waals surface area (Å²) < 4.78 is 12.7. The van der Waals surface area contributed by atoms with Crippen LogP contribution in [0.2, 0.25) is 0 Å². The van der Waals surface area contributed by atoms with E-state index < -0.39 is 17.9 Å². The van der Waals surface area contributed by atoms with Gasteiger partial charge in [0.2, 0.25) is 5.95 Å². The zero-order chi connectivity index (χ0) is 11.4. The van der Waals surface area contributed by atoms with Gasteiger partial charge in [-0.05, 0) is 13.0 Å². The second-order valence-electron chi connectivity index (χ2n) is 3.09. The van der Waals surface area contributed by atoms with Crippen molar-refractivity contribution in [3.63, 3.8) is 0 Å². The van der Waals surface area contributed by atoms with Crippen LogP contribution in [0, 0.1) is 17.3 Å². The summed E-state index contributed by atoms with van der Waals surface area (Å²) in [6, 6.07) is 3.83. The van der Waals surface area contributed by atoms with Crippen LogP contribution in [0.5, 0.6) is 0 Å². The maximum absolute atomic E-state index is 12.7. The number of aromatic nitrogens is 1. The van der Waals surface area contributed by atoms with E-state index in [0.29, 0.717) is 0 Å². The minimum absolute atomic E-state index is 0.187. The smallest absolute Gasteiger partial charge is 0.254 e. The monoisotopic (exact) mass is 207 g/mol. The molecular formula is C10H10FN3O. The molecule has 78 valence electrons. The average molecular weight is 207 g/mol. The molecule has 4 nitrogen and oxygen atoms in total. The molecule has 0 bridgehead atoms. The number of carbonyl (C=O) groups excluding carboxylic acids is 1. The Morgan fingerprint density at radius 2 is 2.40 bits per heavy atom. The molecule has 0 fully saturated rings. The van der Waals surface area contributed by atoms with Crippen molar-refractivity contribution in [2.45, 2.75) is 13.0 Å². The first-order valence-electron chi connectivity index (χ1n) is 4.34. The highest BCUT2D eigenvalue weighted by Crippen LogP contribution is 2.06. The van der Waals surface area contributed by atoms with Gasteiger partial charge in [0.05, 0.1) is 6.07 Å². The Morgan fingerprint density at radius 3 is 2.93 bits per heavy atom. The summed E-state index contributed by atoms with van der Waals surface area (Å²) in [7, 11) is 1.49. The average Bonchev–Trinajstić information content (AvgIpc) is 2.26. The van der Waals surface area contributed by atoms with E-state index in [1.165, 1.54) is 24.2 Å². The van der Waals surface area contributed by atoms with Crippen molar-refractivity contribution in [1.29, 1.82) is 5.26 Å². The van der Waals surface area contributed by atoms with Gasteiger partial charge in [-0.25, -0.2) is 4.98 Å². The molecule has 15 heavy (non-hydrogen) atoms. The lowest BCUT2D eigenvalue weighted by atomic mass is 10.2. The summed E-state index contributed by atoms with van der Waals surface area (Å²) in [5.41, 5.74) is 0.187. The second kappa shape index (κ2) is 4.51. The number of hydrogen-bond donors (Lipinski definition) is 0. The van der Waals surface area contributed by atoms with E-state index in [9.17, 15) is 9.18 Å². The zero-order valence-electron chi connectivity index (χ0n) is 8.44. The van der Waals surface area contributed by atoms with E-state index in [1.807, 2.05) is 6.07 Å². The van der Waals surface area contributed by atoms with Crippen LogP contribution in [-0.2, 0) is 0 Å². The predicted molar refractivity (Wildman–Crippen MR) is 51.4 cm³/mol. The van der Waals surface area contributed by atoms with Crippen LogP contribution in [0.4, 0.5) is 4.39 Å². The molecule has 1 heterocycles. The van der Waals surface area contributed by atoms with E-state index >= 15 is 0 Å². The fourth-order valence-corrected chi connectivity index (χ4v) is 1.00. The van der Waals surface area contributed by atoms with Crippen molar-refractivity contribution in [1.82, 2.24) is 9.88 Å². The Kier molecular flexibility index (Phi) is 3.34. The second-order valence-corrected chi connectivity index (χ2v) is 3.09. The fourth-order valence-electron chi connectivity index (χ4n) is 1.00. The first-order valence-corrected chi connectivity index (χ1v) is 4.34. The van der Waals surface area contributed by atoms with E-state index in [-0.39, 0.29) is 5.56 Å². The minimum atomic E-state index is -0.709. The maximum Gasteiger partial charge on any atom is 0.254 e. The number of rotatable bonds is 2. The lowest BCUT2D eigenvalue weighted by molar-refractivity contribution is 0.0772. The van der Waals surface area contributed by atoms with Crippen molar-refractivity contribution in [3.8, 4) is 6.07 Å². The molecule has 0 saturated heterocycles. The zero-order valence-corrected chi connectivity index (χ0v) is 8.44. The molecule has 0 aromatic carbocycles. The molecule has 1 unspecified atom stereocenters. The molecule has 0 saturated carbocycles. The van der Waals surface area contributed by atoms with Crippen LogP contribution < -0.4 is 0 Å². The quantitative estimate of drug-likeness (QED) is 0.685. The summed E-state index contributed by atoms with van der Waals surface area (Å²) in [6.07, 6.45) is 1.22. The van der Waals surface area contributed by atoms with E-state index in [0.717, 1.165) is 6.07 Å². The lowest BCUT2D eigenvalue weighted by Gasteiger charge is -2.19. The highest BCUT2D eigenvalue weighted by molar-refractivity contribution is 5.94. The van der Waals surface area contributed by atoms with Crippen LogP contribution in [0.3, 0.4) is 0 Å². The molecule has 1 atom stereocenters. The van der Waals surface area contributed by atoms with Gasteiger partial charge in [-0.2, -0.15) is 9.65 Å². The van der Waals surface area contributed by atoms with Crippen molar-refractivity contribution in [3.05, 3.63) is 29.8 Å². The number of nitrogens with zero attached hydrogens (tertiary/aromatic N) is 3. The Labute approximate surface area is 87.0 Å². The molecule has 0 radical (unpaired) electrons. The third-order valence-corrected chi connectivity index (χ3v) is 2.06. The van der Waals surface area contributed by atoms with Gasteiger partial charge < -0.3 is 4.90 Å².